The minimum atomic E-state index is -3.63. The average Bonchev–Trinajstić information content (AvgIpc) is 2.85. The van der Waals surface area contributed by atoms with Gasteiger partial charge in [0.1, 0.15) is 0 Å². The van der Waals surface area contributed by atoms with Crippen molar-refractivity contribution in [2.24, 2.45) is 0 Å². The molecule has 0 saturated carbocycles. The lowest BCUT2D eigenvalue weighted by atomic mass is 10.0. The van der Waals surface area contributed by atoms with E-state index in [2.05, 4.69) is 43.0 Å². The Hall–Kier alpha value is -2.26. The van der Waals surface area contributed by atoms with Gasteiger partial charge in [0.25, 0.3) is 5.91 Å². The quantitative estimate of drug-likeness (QED) is 0.648. The lowest BCUT2D eigenvalue weighted by Crippen LogP contribution is -2.48. The summed E-state index contributed by atoms with van der Waals surface area (Å²) in [6, 6.07) is 15.2. The first kappa shape index (κ1) is 23.9. The normalized spacial score (nSPS) is 18.6. The number of morpholine rings is 1. The first-order valence-corrected chi connectivity index (χ1v) is 13.1. The molecular formula is C25H33N3O4S. The van der Waals surface area contributed by atoms with Gasteiger partial charge in [-0.15, -0.1) is 0 Å². The van der Waals surface area contributed by atoms with Crippen LogP contribution in [0, 0.1) is 0 Å². The van der Waals surface area contributed by atoms with Gasteiger partial charge in [0.15, 0.2) is 0 Å². The zero-order chi connectivity index (χ0) is 23.4. The second-order valence-corrected chi connectivity index (χ2v) is 10.9. The minimum absolute atomic E-state index is 0.116. The van der Waals surface area contributed by atoms with Gasteiger partial charge in [0.05, 0.1) is 18.1 Å². The van der Waals surface area contributed by atoms with Crippen molar-refractivity contribution in [3.05, 3.63) is 65.2 Å². The zero-order valence-corrected chi connectivity index (χ0v) is 20.3. The van der Waals surface area contributed by atoms with Crippen LogP contribution in [0.1, 0.15) is 41.3 Å². The molecule has 0 radical (unpaired) electrons. The molecule has 0 bridgehead atoms. The van der Waals surface area contributed by atoms with Crippen LogP contribution in [0.25, 0.3) is 0 Å². The Morgan fingerprint density at radius 3 is 2.24 bits per heavy atom. The average molecular weight is 472 g/mol. The Balaban J connectivity index is 1.36. The molecule has 33 heavy (non-hydrogen) atoms. The molecule has 1 amide bonds. The van der Waals surface area contributed by atoms with Gasteiger partial charge in [-0.2, -0.15) is 4.31 Å². The third-order valence-corrected chi connectivity index (χ3v) is 8.30. The summed E-state index contributed by atoms with van der Waals surface area (Å²) in [5.74, 6) is 0.408. The SMILES string of the molecule is CC(C)c1ccc(CN2CCN(C(=O)c3cccc(S(=O)(=O)N4CCOCC4)c3)CC2)cc1. The highest BCUT2D eigenvalue weighted by molar-refractivity contribution is 7.89. The number of ether oxygens (including phenoxy) is 1. The van der Waals surface area contributed by atoms with Gasteiger partial charge >= 0.3 is 0 Å². The van der Waals surface area contributed by atoms with Crippen LogP contribution in [-0.4, -0.2) is 80.9 Å². The molecule has 0 N–H and O–H groups in total. The number of rotatable bonds is 6. The van der Waals surface area contributed by atoms with Crippen LogP contribution in [0.2, 0.25) is 0 Å². The van der Waals surface area contributed by atoms with Crippen LogP contribution in [0.15, 0.2) is 53.4 Å². The van der Waals surface area contributed by atoms with E-state index in [4.69, 9.17) is 4.74 Å². The number of nitrogens with zero attached hydrogens (tertiary/aromatic N) is 3. The number of piperazine rings is 1. The molecule has 0 aliphatic carbocycles. The number of sulfonamides is 1. The molecular weight excluding hydrogens is 438 g/mol. The van der Waals surface area contributed by atoms with Crippen LogP contribution in [0.5, 0.6) is 0 Å². The number of carbonyl (C=O) groups is 1. The molecule has 2 fully saturated rings. The molecule has 2 aromatic rings. The van der Waals surface area contributed by atoms with Gasteiger partial charge in [-0.1, -0.05) is 44.2 Å². The summed E-state index contributed by atoms with van der Waals surface area (Å²) in [6.07, 6.45) is 0. The zero-order valence-electron chi connectivity index (χ0n) is 19.4. The predicted molar refractivity (Wildman–Crippen MR) is 128 cm³/mol. The second-order valence-electron chi connectivity index (χ2n) is 9.01. The molecule has 2 saturated heterocycles. The molecule has 0 atom stereocenters. The number of hydrogen-bond acceptors (Lipinski definition) is 5. The summed E-state index contributed by atoms with van der Waals surface area (Å²) in [5, 5.41) is 0. The fourth-order valence-electron chi connectivity index (χ4n) is 4.28. The number of carbonyl (C=O) groups excluding carboxylic acids is 1. The summed E-state index contributed by atoms with van der Waals surface area (Å²) in [4.78, 5) is 17.4. The summed E-state index contributed by atoms with van der Waals surface area (Å²) in [6.45, 7) is 9.56. The molecule has 2 aliphatic rings. The summed E-state index contributed by atoms with van der Waals surface area (Å²) >= 11 is 0. The molecule has 0 aromatic heterocycles. The molecule has 0 unspecified atom stereocenters. The van der Waals surface area contributed by atoms with E-state index in [1.54, 1.807) is 18.2 Å². The highest BCUT2D eigenvalue weighted by Gasteiger charge is 2.28. The largest absolute Gasteiger partial charge is 0.379 e. The van der Waals surface area contributed by atoms with Crippen molar-refractivity contribution in [1.29, 1.82) is 0 Å². The maximum atomic E-state index is 13.1. The fourth-order valence-corrected chi connectivity index (χ4v) is 5.74. The van der Waals surface area contributed by atoms with Gasteiger partial charge in [0, 0.05) is 51.4 Å². The Labute approximate surface area is 197 Å². The fraction of sp³-hybridized carbons (Fsp3) is 0.480. The molecule has 8 heteroatoms. The van der Waals surface area contributed by atoms with E-state index in [0.717, 1.165) is 19.6 Å². The molecule has 7 nitrogen and oxygen atoms in total. The molecule has 178 valence electrons. The first-order valence-electron chi connectivity index (χ1n) is 11.6. The van der Waals surface area contributed by atoms with Crippen molar-refractivity contribution in [2.45, 2.75) is 31.2 Å². The maximum Gasteiger partial charge on any atom is 0.253 e. The first-order chi connectivity index (χ1) is 15.8. The minimum Gasteiger partial charge on any atom is -0.379 e. The summed E-state index contributed by atoms with van der Waals surface area (Å²) < 4.78 is 32.6. The Morgan fingerprint density at radius 1 is 0.939 bits per heavy atom. The van der Waals surface area contributed by atoms with Crippen molar-refractivity contribution >= 4 is 15.9 Å². The van der Waals surface area contributed by atoms with Crippen LogP contribution < -0.4 is 0 Å². The van der Waals surface area contributed by atoms with E-state index in [1.165, 1.54) is 21.5 Å². The second kappa shape index (κ2) is 10.3. The van der Waals surface area contributed by atoms with Crippen molar-refractivity contribution in [3.8, 4) is 0 Å². The molecule has 2 aliphatic heterocycles. The van der Waals surface area contributed by atoms with Crippen LogP contribution >= 0.6 is 0 Å². The maximum absolute atomic E-state index is 13.1. The summed E-state index contributed by atoms with van der Waals surface area (Å²) in [5.41, 5.74) is 3.04. The molecule has 2 heterocycles. The highest BCUT2D eigenvalue weighted by atomic mass is 32.2. The van der Waals surface area contributed by atoms with Crippen LogP contribution in [0.3, 0.4) is 0 Å². The summed E-state index contributed by atoms with van der Waals surface area (Å²) in [7, 11) is -3.63. The molecule has 2 aromatic carbocycles. The van der Waals surface area contributed by atoms with Crippen molar-refractivity contribution in [1.82, 2.24) is 14.1 Å². The van der Waals surface area contributed by atoms with Crippen molar-refractivity contribution < 1.29 is 17.9 Å². The third kappa shape index (κ3) is 5.63. The van der Waals surface area contributed by atoms with E-state index >= 15 is 0 Å². The smallest absolute Gasteiger partial charge is 0.253 e. The third-order valence-electron chi connectivity index (χ3n) is 6.40. The topological polar surface area (TPSA) is 70.2 Å². The number of hydrogen-bond donors (Lipinski definition) is 0. The van der Waals surface area contributed by atoms with E-state index in [9.17, 15) is 13.2 Å². The monoisotopic (exact) mass is 471 g/mol. The lowest BCUT2D eigenvalue weighted by molar-refractivity contribution is 0.0628. The Kier molecular flexibility index (Phi) is 7.48. The number of benzene rings is 2. The Morgan fingerprint density at radius 2 is 1.61 bits per heavy atom. The highest BCUT2D eigenvalue weighted by Crippen LogP contribution is 2.20. The van der Waals surface area contributed by atoms with Gasteiger partial charge in [-0.05, 0) is 35.2 Å². The van der Waals surface area contributed by atoms with Gasteiger partial charge < -0.3 is 9.64 Å². The van der Waals surface area contributed by atoms with Crippen LogP contribution in [0.4, 0.5) is 0 Å². The standard InChI is InChI=1S/C25H33N3O4S/c1-20(2)22-8-6-21(7-9-22)19-26-10-12-27(13-11-26)25(29)23-4-3-5-24(18-23)33(30,31)28-14-16-32-17-15-28/h3-9,18,20H,10-17,19H2,1-2H3. The van der Waals surface area contributed by atoms with E-state index in [0.29, 0.717) is 50.9 Å². The van der Waals surface area contributed by atoms with Crippen molar-refractivity contribution in [3.63, 3.8) is 0 Å². The van der Waals surface area contributed by atoms with Gasteiger partial charge in [-0.25, -0.2) is 8.42 Å². The van der Waals surface area contributed by atoms with Gasteiger partial charge in [-0.3, -0.25) is 9.69 Å². The predicted octanol–water partition coefficient (Wildman–Crippen LogP) is 2.79. The molecule has 0 spiro atoms. The van der Waals surface area contributed by atoms with E-state index in [-0.39, 0.29) is 10.8 Å². The molecule has 4 rings (SSSR count). The van der Waals surface area contributed by atoms with E-state index < -0.39 is 10.0 Å². The number of amides is 1. The lowest BCUT2D eigenvalue weighted by Gasteiger charge is -2.35. The van der Waals surface area contributed by atoms with Gasteiger partial charge in [0.2, 0.25) is 10.0 Å². The Bertz CT molecular complexity index is 1060. The van der Waals surface area contributed by atoms with E-state index in [1.807, 2.05) is 4.90 Å². The van der Waals surface area contributed by atoms with Crippen LogP contribution in [-0.2, 0) is 21.3 Å². The van der Waals surface area contributed by atoms with Crippen molar-refractivity contribution in [2.75, 3.05) is 52.5 Å².